The van der Waals surface area contributed by atoms with Gasteiger partial charge in [0.1, 0.15) is 5.69 Å². The fraction of sp³-hybridized carbons (Fsp3) is 0.304. The highest BCUT2D eigenvalue weighted by atomic mass is 35.5. The van der Waals surface area contributed by atoms with Gasteiger partial charge in [0.05, 0.1) is 9.82 Å². The zero-order chi connectivity index (χ0) is 43.6. The first-order valence-electron chi connectivity index (χ1n) is 20.6. The van der Waals surface area contributed by atoms with Gasteiger partial charge in [-0.05, 0) is 83.8 Å². The van der Waals surface area contributed by atoms with Gasteiger partial charge in [0.25, 0.3) is 21.6 Å². The molecule has 2 fully saturated rings. The van der Waals surface area contributed by atoms with Crippen molar-refractivity contribution in [1.82, 2.24) is 19.4 Å². The summed E-state index contributed by atoms with van der Waals surface area (Å²) in [5.41, 5.74) is 4.36. The fourth-order valence-electron chi connectivity index (χ4n) is 7.74. The van der Waals surface area contributed by atoms with Crippen LogP contribution in [-0.4, -0.2) is 111 Å². The summed E-state index contributed by atoms with van der Waals surface area (Å²) in [4.78, 5) is 46.2. The van der Waals surface area contributed by atoms with Crippen molar-refractivity contribution in [3.05, 3.63) is 148 Å². The molecular weight excluding hydrogens is 846 g/mol. The van der Waals surface area contributed by atoms with Crippen LogP contribution in [0.15, 0.2) is 131 Å². The highest BCUT2D eigenvalue weighted by Crippen LogP contribution is 2.31. The number of nitrogens with zero attached hydrogens (tertiary/aromatic N) is 5. The largest absolute Gasteiger partial charge is 0.376 e. The zero-order valence-corrected chi connectivity index (χ0v) is 36.9. The normalized spacial score (nSPS) is 15.5. The van der Waals surface area contributed by atoms with E-state index in [1.807, 2.05) is 65.6 Å². The van der Waals surface area contributed by atoms with Crippen LogP contribution < -0.4 is 14.9 Å². The Morgan fingerprint density at radius 1 is 0.806 bits per heavy atom. The Bertz CT molecular complexity index is 2440. The van der Waals surface area contributed by atoms with Crippen LogP contribution in [0.1, 0.15) is 29.3 Å². The molecule has 0 radical (unpaired) electrons. The molecule has 62 heavy (non-hydrogen) atoms. The third-order valence-electron chi connectivity index (χ3n) is 11.3. The molecule has 0 aliphatic carbocycles. The highest BCUT2D eigenvalue weighted by Gasteiger charge is 2.27. The standard InChI is InChI=1S/C46H50ClN7O6S2/c1-34(55)52-27-23-50(24-28-52)22-21-39(33-61-41-8-3-2-4-9-41)48-44-20-19-42(31-45(44)54(57)58)62(59,60)49-46(56)36-13-17-40(18-14-36)53-29-25-51(26-30-53)32-37-7-5-6-10-43(37)35-11-15-38(47)16-12-35/h2-20,31,39,48H,21-30,32-33H2,1H3,(H,49,56)/t39-/m1/s1. The van der Waals surface area contributed by atoms with Gasteiger partial charge >= 0.3 is 0 Å². The quantitative estimate of drug-likeness (QED) is 0.0577. The Hall–Kier alpha value is -5.45. The third kappa shape index (κ3) is 11.7. The first-order valence-corrected chi connectivity index (χ1v) is 23.5. The maximum absolute atomic E-state index is 13.5. The van der Waals surface area contributed by atoms with Crippen molar-refractivity contribution in [3.8, 4) is 11.1 Å². The van der Waals surface area contributed by atoms with Crippen LogP contribution in [0.4, 0.5) is 17.1 Å². The Morgan fingerprint density at radius 2 is 1.47 bits per heavy atom. The van der Waals surface area contributed by atoms with Crippen LogP contribution in [0.2, 0.25) is 5.02 Å². The van der Waals surface area contributed by atoms with Gasteiger partial charge in [0.15, 0.2) is 0 Å². The molecule has 5 aromatic carbocycles. The van der Waals surface area contributed by atoms with Gasteiger partial charge in [-0.25, -0.2) is 13.1 Å². The van der Waals surface area contributed by atoms with Crippen molar-refractivity contribution in [2.75, 3.05) is 74.9 Å². The Morgan fingerprint density at radius 3 is 2.15 bits per heavy atom. The van der Waals surface area contributed by atoms with E-state index in [0.29, 0.717) is 36.8 Å². The van der Waals surface area contributed by atoms with E-state index in [1.165, 1.54) is 23.3 Å². The highest BCUT2D eigenvalue weighted by molar-refractivity contribution is 7.99. The summed E-state index contributed by atoms with van der Waals surface area (Å²) in [6, 6.07) is 36.3. The topological polar surface area (TPSA) is 148 Å². The molecule has 2 heterocycles. The number of sulfonamides is 1. The minimum Gasteiger partial charge on any atom is -0.376 e. The molecule has 16 heteroatoms. The van der Waals surface area contributed by atoms with Crippen molar-refractivity contribution >= 4 is 62.3 Å². The molecule has 0 spiro atoms. The van der Waals surface area contributed by atoms with Crippen LogP contribution in [0.5, 0.6) is 0 Å². The lowest BCUT2D eigenvalue weighted by Gasteiger charge is -2.36. The maximum Gasteiger partial charge on any atom is 0.293 e. The average Bonchev–Trinajstić information content (AvgIpc) is 3.28. The number of anilines is 2. The average molecular weight is 897 g/mol. The van der Waals surface area contributed by atoms with Gasteiger partial charge in [0.2, 0.25) is 5.91 Å². The van der Waals surface area contributed by atoms with Crippen LogP contribution in [0.25, 0.3) is 11.1 Å². The Labute approximate surface area is 372 Å². The summed E-state index contributed by atoms with van der Waals surface area (Å²) in [5, 5.41) is 16.4. The molecule has 2 amide bonds. The van der Waals surface area contributed by atoms with Gasteiger partial charge in [-0.2, -0.15) is 0 Å². The van der Waals surface area contributed by atoms with E-state index in [0.717, 1.165) is 68.0 Å². The summed E-state index contributed by atoms with van der Waals surface area (Å²) in [5.74, 6) is -0.186. The molecule has 324 valence electrons. The van der Waals surface area contributed by atoms with Gasteiger partial charge in [-0.1, -0.05) is 66.2 Å². The number of rotatable bonds is 16. The zero-order valence-electron chi connectivity index (χ0n) is 34.5. The molecule has 0 aromatic heterocycles. The van der Waals surface area contributed by atoms with Crippen molar-refractivity contribution in [2.45, 2.75) is 35.7 Å². The number of amides is 2. The Balaban J connectivity index is 0.957. The Kier molecular flexibility index (Phi) is 14.8. The number of nitrogens with one attached hydrogen (secondary N) is 2. The number of thioether (sulfide) groups is 1. The van der Waals surface area contributed by atoms with E-state index in [9.17, 15) is 28.1 Å². The van der Waals surface area contributed by atoms with Crippen molar-refractivity contribution in [2.24, 2.45) is 0 Å². The number of hydrogen-bond donors (Lipinski definition) is 2. The maximum atomic E-state index is 13.5. The fourth-order valence-corrected chi connectivity index (χ4v) is 9.86. The molecule has 7 rings (SSSR count). The summed E-state index contributed by atoms with van der Waals surface area (Å²) in [6.07, 6.45) is 0.656. The first-order chi connectivity index (χ1) is 29.9. The number of carbonyl (C=O) groups is 2. The minimum absolute atomic E-state index is 0.0564. The lowest BCUT2D eigenvalue weighted by molar-refractivity contribution is -0.384. The van der Waals surface area contributed by atoms with Gasteiger partial charge in [-0.15, -0.1) is 11.8 Å². The van der Waals surface area contributed by atoms with Gasteiger partial charge in [0, 0.05) is 111 Å². The summed E-state index contributed by atoms with van der Waals surface area (Å²) >= 11 is 7.74. The third-order valence-corrected chi connectivity index (χ3v) is 14.1. The van der Waals surface area contributed by atoms with Crippen LogP contribution in [0.3, 0.4) is 0 Å². The number of hydrogen-bond acceptors (Lipinski definition) is 11. The van der Waals surface area contributed by atoms with E-state index in [2.05, 4.69) is 42.9 Å². The molecule has 2 aliphatic heterocycles. The number of nitro benzene ring substituents is 1. The SMILES string of the molecule is CC(=O)N1CCN(CC[C@H](CSc2ccccc2)Nc2ccc(S(=O)(=O)NC(=O)c3ccc(N4CCN(Cc5ccccc5-c5ccc(Cl)cc5)CC4)cc3)cc2[N+](=O)[O-])CC1. The lowest BCUT2D eigenvalue weighted by Crippen LogP contribution is -2.48. The van der Waals surface area contributed by atoms with Crippen molar-refractivity contribution in [1.29, 1.82) is 0 Å². The first kappa shape index (κ1) is 44.6. The van der Waals surface area contributed by atoms with Crippen LogP contribution >= 0.6 is 23.4 Å². The smallest absolute Gasteiger partial charge is 0.293 e. The number of benzene rings is 5. The number of piperazine rings is 2. The summed E-state index contributed by atoms with van der Waals surface area (Å²) in [6.45, 7) is 9.09. The molecule has 2 saturated heterocycles. The van der Waals surface area contributed by atoms with E-state index in [-0.39, 0.29) is 23.2 Å². The molecule has 0 bridgehead atoms. The van der Waals surface area contributed by atoms with Gasteiger partial charge in [-0.3, -0.25) is 29.5 Å². The van der Waals surface area contributed by atoms with E-state index in [4.69, 9.17) is 11.6 Å². The molecule has 2 N–H and O–H groups in total. The molecular formula is C46H50ClN7O6S2. The second-order valence-electron chi connectivity index (χ2n) is 15.4. The number of nitro groups is 1. The van der Waals surface area contributed by atoms with Crippen LogP contribution in [0, 0.1) is 10.1 Å². The number of carbonyl (C=O) groups excluding carboxylic acids is 2. The molecule has 5 aromatic rings. The van der Waals surface area contributed by atoms with Gasteiger partial charge < -0.3 is 15.1 Å². The van der Waals surface area contributed by atoms with Crippen molar-refractivity contribution in [3.63, 3.8) is 0 Å². The summed E-state index contributed by atoms with van der Waals surface area (Å²) in [7, 11) is -4.47. The van der Waals surface area contributed by atoms with E-state index >= 15 is 0 Å². The molecule has 0 saturated carbocycles. The number of halogens is 1. The van der Waals surface area contributed by atoms with Crippen molar-refractivity contribution < 1.29 is 22.9 Å². The van der Waals surface area contributed by atoms with E-state index in [1.54, 1.807) is 43.0 Å². The predicted octanol–water partition coefficient (Wildman–Crippen LogP) is 7.48. The minimum atomic E-state index is -4.47. The van der Waals surface area contributed by atoms with Crippen LogP contribution in [-0.2, 0) is 21.4 Å². The van der Waals surface area contributed by atoms with E-state index < -0.39 is 31.4 Å². The second kappa shape index (κ2) is 20.6. The molecule has 1 atom stereocenters. The monoisotopic (exact) mass is 895 g/mol. The summed E-state index contributed by atoms with van der Waals surface area (Å²) < 4.78 is 29.1. The molecule has 0 unspecified atom stereocenters. The predicted molar refractivity (Wildman–Crippen MR) is 246 cm³/mol. The molecule has 13 nitrogen and oxygen atoms in total. The molecule has 2 aliphatic rings. The lowest BCUT2D eigenvalue weighted by atomic mass is 9.99. The second-order valence-corrected chi connectivity index (χ2v) is 18.7.